The van der Waals surface area contributed by atoms with Crippen LogP contribution >= 0.6 is 11.8 Å². The van der Waals surface area contributed by atoms with Crippen molar-refractivity contribution in [3.63, 3.8) is 0 Å². The first kappa shape index (κ1) is 9.62. The number of hydrogen-bond donors (Lipinski definition) is 2. The minimum Gasteiger partial charge on any atom is -0.465 e. The van der Waals surface area contributed by atoms with Crippen molar-refractivity contribution in [3.8, 4) is 6.07 Å². The van der Waals surface area contributed by atoms with Crippen LogP contribution in [-0.4, -0.2) is 5.04 Å². The highest BCUT2D eigenvalue weighted by Crippen LogP contribution is 2.35. The van der Waals surface area contributed by atoms with Crippen LogP contribution in [-0.2, 0) is 0 Å². The number of nitriles is 1. The fourth-order valence-electron chi connectivity index (χ4n) is 1.18. The van der Waals surface area contributed by atoms with E-state index in [1.807, 2.05) is 6.07 Å². The lowest BCUT2D eigenvalue weighted by Crippen LogP contribution is -1.98. The number of nitrogens with one attached hydrogen (secondary N) is 1. The van der Waals surface area contributed by atoms with Crippen molar-refractivity contribution in [1.29, 1.82) is 10.7 Å². The average Bonchev–Trinajstić information content (AvgIpc) is 2.78. The minimum absolute atomic E-state index is 0.188. The molecule has 0 atom stereocenters. The highest BCUT2D eigenvalue weighted by molar-refractivity contribution is 8.18. The third-order valence-electron chi connectivity index (χ3n) is 1.90. The van der Waals surface area contributed by atoms with E-state index < -0.39 is 0 Å². The quantitative estimate of drug-likeness (QED) is 0.753. The number of hydrogen-bond acceptors (Lipinski definition) is 5. The van der Waals surface area contributed by atoms with E-state index in [2.05, 4.69) is 0 Å². The van der Waals surface area contributed by atoms with Crippen molar-refractivity contribution < 1.29 is 4.42 Å². The topological polar surface area (TPSA) is 86.8 Å². The first-order valence-corrected chi connectivity index (χ1v) is 4.96. The highest BCUT2D eigenvalue weighted by Gasteiger charge is 2.23. The Balaban J connectivity index is 2.40. The Morgan fingerprint density at radius 3 is 2.93 bits per heavy atom. The molecule has 3 N–H and O–H groups in total. The van der Waals surface area contributed by atoms with Crippen LogP contribution in [0.1, 0.15) is 5.76 Å². The zero-order valence-electron chi connectivity index (χ0n) is 7.65. The summed E-state index contributed by atoms with van der Waals surface area (Å²) in [6.45, 7) is 0. The largest absolute Gasteiger partial charge is 0.465 e. The van der Waals surface area contributed by atoms with Crippen molar-refractivity contribution in [3.05, 3.63) is 40.3 Å². The monoisotopic (exact) mass is 217 g/mol. The smallest absolute Gasteiger partial charge is 0.127 e. The molecule has 0 bridgehead atoms. The summed E-state index contributed by atoms with van der Waals surface area (Å²) in [5.41, 5.74) is 6.31. The summed E-state index contributed by atoms with van der Waals surface area (Å²) in [7, 11) is 0. The molecule has 2 rings (SSSR count). The van der Waals surface area contributed by atoms with Crippen LogP contribution in [0.15, 0.2) is 39.0 Å². The number of thioether (sulfide) groups is 1. The first-order valence-electron chi connectivity index (χ1n) is 4.14. The Morgan fingerprint density at radius 1 is 1.60 bits per heavy atom. The molecule has 0 amide bonds. The van der Waals surface area contributed by atoms with Gasteiger partial charge in [-0.25, -0.2) is 0 Å². The van der Waals surface area contributed by atoms with Gasteiger partial charge in [-0.2, -0.15) is 5.26 Å². The molecule has 0 saturated heterocycles. The fraction of sp³-hybridized carbons (Fsp3) is 0. The summed E-state index contributed by atoms with van der Waals surface area (Å²) in [6, 6.07) is 5.46. The fourth-order valence-corrected chi connectivity index (χ4v) is 2.05. The number of rotatable bonds is 1. The number of nitrogens with zero attached hydrogens (tertiary/aromatic N) is 1. The number of nitrogens with two attached hydrogens (primary N) is 1. The molecule has 0 saturated carbocycles. The second-order valence-corrected chi connectivity index (χ2v) is 3.91. The van der Waals surface area contributed by atoms with E-state index in [-0.39, 0.29) is 10.6 Å². The molecule has 2 heterocycles. The van der Waals surface area contributed by atoms with Gasteiger partial charge in [0.1, 0.15) is 22.4 Å². The van der Waals surface area contributed by atoms with Gasteiger partial charge in [0.25, 0.3) is 0 Å². The van der Waals surface area contributed by atoms with Crippen LogP contribution in [0.25, 0.3) is 6.08 Å². The Kier molecular flexibility index (Phi) is 2.35. The van der Waals surface area contributed by atoms with Gasteiger partial charge in [-0.3, -0.25) is 5.41 Å². The molecule has 1 aromatic rings. The Bertz CT molecular complexity index is 505. The molecule has 1 aliphatic heterocycles. The van der Waals surface area contributed by atoms with Gasteiger partial charge in [-0.05, 0) is 18.2 Å². The molecule has 74 valence electrons. The van der Waals surface area contributed by atoms with Gasteiger partial charge in [0, 0.05) is 4.91 Å². The molecular weight excluding hydrogens is 210 g/mol. The molecule has 0 unspecified atom stereocenters. The summed E-state index contributed by atoms with van der Waals surface area (Å²) in [5, 5.41) is 16.5. The summed E-state index contributed by atoms with van der Waals surface area (Å²) in [4.78, 5) is 0.687. The lowest BCUT2D eigenvalue weighted by molar-refractivity contribution is 0.557. The zero-order valence-corrected chi connectivity index (χ0v) is 8.47. The zero-order chi connectivity index (χ0) is 10.8. The molecule has 1 aliphatic rings. The van der Waals surface area contributed by atoms with Crippen LogP contribution in [0.4, 0.5) is 0 Å². The van der Waals surface area contributed by atoms with Crippen molar-refractivity contribution in [2.24, 2.45) is 5.73 Å². The third kappa shape index (κ3) is 1.67. The van der Waals surface area contributed by atoms with Gasteiger partial charge in [0.2, 0.25) is 0 Å². The SMILES string of the molecule is N#CC1=C(N)/C(=C\c2ccco2)SC1=N. The van der Waals surface area contributed by atoms with Crippen molar-refractivity contribution in [2.75, 3.05) is 0 Å². The highest BCUT2D eigenvalue weighted by atomic mass is 32.2. The molecular formula is C10H7N3OS. The number of furan rings is 1. The molecule has 4 nitrogen and oxygen atoms in total. The normalized spacial score (nSPS) is 18.6. The van der Waals surface area contributed by atoms with E-state index in [1.165, 1.54) is 11.8 Å². The van der Waals surface area contributed by atoms with E-state index in [0.29, 0.717) is 16.4 Å². The van der Waals surface area contributed by atoms with E-state index in [1.54, 1.807) is 24.5 Å². The van der Waals surface area contributed by atoms with Gasteiger partial charge in [0.05, 0.1) is 12.0 Å². The molecule has 15 heavy (non-hydrogen) atoms. The summed E-state index contributed by atoms with van der Waals surface area (Å²) in [6.07, 6.45) is 3.28. The molecule has 1 aromatic heterocycles. The van der Waals surface area contributed by atoms with E-state index >= 15 is 0 Å². The maximum absolute atomic E-state index is 8.76. The van der Waals surface area contributed by atoms with Crippen LogP contribution in [0, 0.1) is 16.7 Å². The maximum atomic E-state index is 8.76. The van der Waals surface area contributed by atoms with Crippen LogP contribution < -0.4 is 5.73 Å². The maximum Gasteiger partial charge on any atom is 0.127 e. The predicted molar refractivity (Wildman–Crippen MR) is 58.8 cm³/mol. The van der Waals surface area contributed by atoms with E-state index in [9.17, 15) is 0 Å². The lowest BCUT2D eigenvalue weighted by atomic mass is 10.2. The van der Waals surface area contributed by atoms with Crippen LogP contribution in [0.5, 0.6) is 0 Å². The molecule has 5 heteroatoms. The Labute approximate surface area is 90.6 Å². The van der Waals surface area contributed by atoms with Gasteiger partial charge < -0.3 is 10.2 Å². The molecule has 0 radical (unpaired) electrons. The Morgan fingerprint density at radius 2 is 2.40 bits per heavy atom. The van der Waals surface area contributed by atoms with Crippen LogP contribution in [0.3, 0.4) is 0 Å². The minimum atomic E-state index is 0.188. The predicted octanol–water partition coefficient (Wildman–Crippen LogP) is 2.08. The van der Waals surface area contributed by atoms with Crippen LogP contribution in [0.2, 0.25) is 0 Å². The standard InChI is InChI=1S/C10H7N3OS/c11-5-7-9(12)8(15-10(7)13)4-6-2-1-3-14-6/h1-4,13H,12H2/b8-4+,13-10?. The van der Waals surface area contributed by atoms with E-state index in [0.717, 1.165) is 0 Å². The second-order valence-electron chi connectivity index (χ2n) is 2.86. The van der Waals surface area contributed by atoms with Crippen molar-refractivity contribution >= 4 is 22.9 Å². The summed E-state index contributed by atoms with van der Waals surface area (Å²) in [5.74, 6) is 0.660. The van der Waals surface area contributed by atoms with Gasteiger partial charge in [-0.15, -0.1) is 0 Å². The van der Waals surface area contributed by atoms with Crippen molar-refractivity contribution in [1.82, 2.24) is 0 Å². The van der Waals surface area contributed by atoms with Crippen molar-refractivity contribution in [2.45, 2.75) is 0 Å². The first-order chi connectivity index (χ1) is 7.22. The molecule has 0 spiro atoms. The molecule has 0 fully saturated rings. The van der Waals surface area contributed by atoms with E-state index in [4.69, 9.17) is 20.8 Å². The summed E-state index contributed by atoms with van der Waals surface area (Å²) >= 11 is 1.17. The average molecular weight is 217 g/mol. The van der Waals surface area contributed by atoms with Gasteiger partial charge >= 0.3 is 0 Å². The second kappa shape index (κ2) is 3.67. The van der Waals surface area contributed by atoms with Gasteiger partial charge in [0.15, 0.2) is 0 Å². The van der Waals surface area contributed by atoms with Gasteiger partial charge in [-0.1, -0.05) is 11.8 Å². The molecule has 0 aliphatic carbocycles. The molecule has 0 aromatic carbocycles. The third-order valence-corrected chi connectivity index (χ3v) is 2.87. The lowest BCUT2D eigenvalue weighted by Gasteiger charge is -1.94. The summed E-state index contributed by atoms with van der Waals surface area (Å²) < 4.78 is 5.13. The Hall–Kier alpha value is -1.93.